The highest BCUT2D eigenvalue weighted by molar-refractivity contribution is 6.30. The van der Waals surface area contributed by atoms with E-state index in [1.165, 1.54) is 0 Å². The van der Waals surface area contributed by atoms with Gasteiger partial charge in [0.05, 0.1) is 5.41 Å². The molecule has 2 fully saturated rings. The standard InChI is InChI=1S/C15H18ClNO3/c16-12-1-3-13(4-2-12)20-8-7-17-6-5-11-9-15(11,10-17)14(18)19/h1-4,11H,5-10H2,(H,18,19). The van der Waals surface area contributed by atoms with E-state index in [4.69, 9.17) is 16.3 Å². The Hall–Kier alpha value is -1.26. The Morgan fingerprint density at radius 2 is 2.20 bits per heavy atom. The average molecular weight is 296 g/mol. The second-order valence-corrected chi connectivity index (χ2v) is 6.17. The first-order chi connectivity index (χ1) is 9.60. The smallest absolute Gasteiger partial charge is 0.311 e. The lowest BCUT2D eigenvalue weighted by Gasteiger charge is -2.30. The number of benzene rings is 1. The molecule has 108 valence electrons. The molecular formula is C15H18ClNO3. The van der Waals surface area contributed by atoms with Crippen molar-refractivity contribution in [2.45, 2.75) is 12.8 Å². The van der Waals surface area contributed by atoms with Gasteiger partial charge in [0.25, 0.3) is 0 Å². The summed E-state index contributed by atoms with van der Waals surface area (Å²) in [6.45, 7) is 2.98. The van der Waals surface area contributed by atoms with Crippen molar-refractivity contribution in [3.8, 4) is 5.75 Å². The van der Waals surface area contributed by atoms with Gasteiger partial charge in [-0.1, -0.05) is 11.6 Å². The molecule has 4 nitrogen and oxygen atoms in total. The highest BCUT2D eigenvalue weighted by Crippen LogP contribution is 2.57. The fourth-order valence-electron chi connectivity index (χ4n) is 3.11. The summed E-state index contributed by atoms with van der Waals surface area (Å²) in [5.41, 5.74) is -0.460. The molecule has 1 aromatic rings. The zero-order chi connectivity index (χ0) is 14.2. The number of nitrogens with zero attached hydrogens (tertiary/aromatic N) is 1. The van der Waals surface area contributed by atoms with E-state index in [1.54, 1.807) is 12.1 Å². The summed E-state index contributed by atoms with van der Waals surface area (Å²) in [7, 11) is 0. The minimum Gasteiger partial charge on any atom is -0.492 e. The molecule has 1 aliphatic heterocycles. The predicted molar refractivity (Wildman–Crippen MR) is 76.2 cm³/mol. The summed E-state index contributed by atoms with van der Waals surface area (Å²) >= 11 is 5.81. The molecule has 1 heterocycles. The van der Waals surface area contributed by atoms with E-state index < -0.39 is 11.4 Å². The third-order valence-electron chi connectivity index (χ3n) is 4.45. The van der Waals surface area contributed by atoms with Crippen molar-refractivity contribution in [2.75, 3.05) is 26.2 Å². The predicted octanol–water partition coefficient (Wildman–Crippen LogP) is 2.52. The van der Waals surface area contributed by atoms with Crippen LogP contribution in [0.3, 0.4) is 0 Å². The van der Waals surface area contributed by atoms with Gasteiger partial charge in [0, 0.05) is 18.1 Å². The number of ether oxygens (including phenoxy) is 1. The number of hydrogen-bond acceptors (Lipinski definition) is 3. The van der Waals surface area contributed by atoms with Crippen molar-refractivity contribution < 1.29 is 14.6 Å². The molecule has 0 radical (unpaired) electrons. The molecule has 3 rings (SSSR count). The molecule has 0 aromatic heterocycles. The highest BCUT2D eigenvalue weighted by atomic mass is 35.5. The maximum Gasteiger partial charge on any atom is 0.311 e. The van der Waals surface area contributed by atoms with Crippen molar-refractivity contribution in [3.05, 3.63) is 29.3 Å². The summed E-state index contributed by atoms with van der Waals surface area (Å²) in [5, 5.41) is 10.0. The normalized spacial score (nSPS) is 28.8. The van der Waals surface area contributed by atoms with Crippen LogP contribution in [0, 0.1) is 11.3 Å². The van der Waals surface area contributed by atoms with Gasteiger partial charge in [-0.3, -0.25) is 9.69 Å². The summed E-state index contributed by atoms with van der Waals surface area (Å²) < 4.78 is 5.66. The van der Waals surface area contributed by atoms with Gasteiger partial charge in [0.2, 0.25) is 0 Å². The molecule has 1 aliphatic carbocycles. The lowest BCUT2D eigenvalue weighted by atomic mass is 9.97. The van der Waals surface area contributed by atoms with Crippen LogP contribution in [0.15, 0.2) is 24.3 Å². The molecule has 1 N–H and O–H groups in total. The van der Waals surface area contributed by atoms with Crippen LogP contribution in [0.1, 0.15) is 12.8 Å². The zero-order valence-corrected chi connectivity index (χ0v) is 12.0. The summed E-state index contributed by atoms with van der Waals surface area (Å²) in [6.07, 6.45) is 1.84. The molecule has 2 atom stereocenters. The van der Waals surface area contributed by atoms with Crippen molar-refractivity contribution in [3.63, 3.8) is 0 Å². The van der Waals surface area contributed by atoms with E-state index in [0.29, 0.717) is 24.1 Å². The first-order valence-corrected chi connectivity index (χ1v) is 7.32. The van der Waals surface area contributed by atoms with Gasteiger partial charge in [-0.15, -0.1) is 0 Å². The molecule has 5 heteroatoms. The third-order valence-corrected chi connectivity index (χ3v) is 4.70. The molecule has 1 saturated carbocycles. The van der Waals surface area contributed by atoms with E-state index in [9.17, 15) is 9.90 Å². The Labute approximate surface area is 123 Å². The van der Waals surface area contributed by atoms with E-state index >= 15 is 0 Å². The van der Waals surface area contributed by atoms with Gasteiger partial charge in [-0.05, 0) is 49.6 Å². The van der Waals surface area contributed by atoms with Crippen molar-refractivity contribution in [1.29, 1.82) is 0 Å². The number of carboxylic acids is 1. The SMILES string of the molecule is O=C(O)C12CC1CCN(CCOc1ccc(Cl)cc1)C2. The first kappa shape index (κ1) is 13.7. The summed E-state index contributed by atoms with van der Waals surface area (Å²) in [5.74, 6) is 0.558. The molecule has 20 heavy (non-hydrogen) atoms. The highest BCUT2D eigenvalue weighted by Gasteiger charge is 2.62. The Morgan fingerprint density at radius 1 is 1.45 bits per heavy atom. The van der Waals surface area contributed by atoms with Gasteiger partial charge in [-0.25, -0.2) is 0 Å². The molecule has 1 saturated heterocycles. The van der Waals surface area contributed by atoms with Gasteiger partial charge in [0.1, 0.15) is 12.4 Å². The third kappa shape index (κ3) is 2.63. The molecule has 2 unspecified atom stereocenters. The van der Waals surface area contributed by atoms with Crippen LogP contribution in [-0.4, -0.2) is 42.2 Å². The lowest BCUT2D eigenvalue weighted by Crippen LogP contribution is -2.42. The Morgan fingerprint density at radius 3 is 2.90 bits per heavy atom. The summed E-state index contributed by atoms with van der Waals surface area (Å²) in [6, 6.07) is 7.28. The van der Waals surface area contributed by atoms with Crippen LogP contribution in [0.25, 0.3) is 0 Å². The number of rotatable bonds is 5. The van der Waals surface area contributed by atoms with E-state index in [-0.39, 0.29) is 0 Å². The zero-order valence-electron chi connectivity index (χ0n) is 11.2. The lowest BCUT2D eigenvalue weighted by molar-refractivity contribution is -0.145. The number of hydrogen-bond donors (Lipinski definition) is 1. The monoisotopic (exact) mass is 295 g/mol. The van der Waals surface area contributed by atoms with Crippen LogP contribution in [0.5, 0.6) is 5.75 Å². The van der Waals surface area contributed by atoms with E-state index in [2.05, 4.69) is 4.90 Å². The Bertz CT molecular complexity index is 504. The molecule has 2 aliphatic rings. The maximum atomic E-state index is 11.3. The number of halogens is 1. The molecule has 0 spiro atoms. The van der Waals surface area contributed by atoms with Crippen molar-refractivity contribution >= 4 is 17.6 Å². The topological polar surface area (TPSA) is 49.8 Å². The molecule has 0 amide bonds. The largest absolute Gasteiger partial charge is 0.492 e. The van der Waals surface area contributed by atoms with Gasteiger partial charge >= 0.3 is 5.97 Å². The second kappa shape index (κ2) is 5.26. The fourth-order valence-corrected chi connectivity index (χ4v) is 3.24. The maximum absolute atomic E-state index is 11.3. The van der Waals surface area contributed by atoms with E-state index in [0.717, 1.165) is 31.7 Å². The minimum atomic E-state index is -0.634. The van der Waals surface area contributed by atoms with Gasteiger partial charge < -0.3 is 9.84 Å². The first-order valence-electron chi connectivity index (χ1n) is 6.94. The van der Waals surface area contributed by atoms with Gasteiger partial charge in [0.15, 0.2) is 0 Å². The average Bonchev–Trinajstić information content (AvgIpc) is 3.16. The van der Waals surface area contributed by atoms with Crippen LogP contribution in [-0.2, 0) is 4.79 Å². The van der Waals surface area contributed by atoms with E-state index in [1.807, 2.05) is 12.1 Å². The van der Waals surface area contributed by atoms with Crippen molar-refractivity contribution in [1.82, 2.24) is 4.90 Å². The van der Waals surface area contributed by atoms with Crippen molar-refractivity contribution in [2.24, 2.45) is 11.3 Å². The second-order valence-electron chi connectivity index (χ2n) is 5.73. The Kier molecular flexibility index (Phi) is 3.61. The fraction of sp³-hybridized carbons (Fsp3) is 0.533. The Balaban J connectivity index is 1.47. The summed E-state index contributed by atoms with van der Waals surface area (Å²) in [4.78, 5) is 13.5. The van der Waals surface area contributed by atoms with Crippen LogP contribution in [0.2, 0.25) is 5.02 Å². The minimum absolute atomic E-state index is 0.397. The molecule has 0 bridgehead atoms. The van der Waals surface area contributed by atoms with Crippen LogP contribution < -0.4 is 4.74 Å². The number of piperidine rings is 1. The van der Waals surface area contributed by atoms with Crippen LogP contribution in [0.4, 0.5) is 0 Å². The number of fused-ring (bicyclic) bond motifs is 1. The molecular weight excluding hydrogens is 278 g/mol. The number of aliphatic carboxylic acids is 1. The number of carbonyl (C=O) groups is 1. The number of likely N-dealkylation sites (tertiary alicyclic amines) is 1. The number of carboxylic acid groups (broad SMARTS) is 1. The molecule has 1 aromatic carbocycles. The van der Waals surface area contributed by atoms with Gasteiger partial charge in [-0.2, -0.15) is 0 Å². The quantitative estimate of drug-likeness (QED) is 0.907. The van der Waals surface area contributed by atoms with Crippen LogP contribution >= 0.6 is 11.6 Å².